The van der Waals surface area contributed by atoms with E-state index in [1.165, 1.54) is 24.4 Å². The summed E-state index contributed by atoms with van der Waals surface area (Å²) in [7, 11) is -3.82. The van der Waals surface area contributed by atoms with Gasteiger partial charge in [0.05, 0.1) is 11.5 Å². The molecular formula is C14H14FNO3S. The summed E-state index contributed by atoms with van der Waals surface area (Å²) in [5.41, 5.74) is 1.53. The second-order valence-electron chi connectivity index (χ2n) is 4.20. The lowest BCUT2D eigenvalue weighted by atomic mass is 10.2. The molecule has 0 aliphatic heterocycles. The summed E-state index contributed by atoms with van der Waals surface area (Å²) in [5.74, 6) is -0.619. The zero-order valence-corrected chi connectivity index (χ0v) is 11.7. The molecule has 1 heterocycles. The Bertz CT molecular complexity index is 667. The fraction of sp³-hybridized carbons (Fsp3) is 0.214. The fourth-order valence-corrected chi connectivity index (χ4v) is 2.49. The molecule has 4 nitrogen and oxygen atoms in total. The minimum atomic E-state index is -3.82. The maximum Gasteiger partial charge on any atom is 0.297 e. The van der Waals surface area contributed by atoms with Crippen molar-refractivity contribution in [3.8, 4) is 0 Å². The molecular weight excluding hydrogens is 281 g/mol. The monoisotopic (exact) mass is 295 g/mol. The molecule has 0 bridgehead atoms. The summed E-state index contributed by atoms with van der Waals surface area (Å²) in [6.45, 7) is 1.81. The van der Waals surface area contributed by atoms with E-state index in [0.29, 0.717) is 5.56 Å². The predicted molar refractivity (Wildman–Crippen MR) is 72.0 cm³/mol. The number of benzene rings is 1. The van der Waals surface area contributed by atoms with Crippen molar-refractivity contribution in [2.75, 3.05) is 0 Å². The topological polar surface area (TPSA) is 56.3 Å². The molecule has 106 valence electrons. The van der Waals surface area contributed by atoms with E-state index in [9.17, 15) is 12.8 Å². The molecule has 0 radical (unpaired) electrons. The van der Waals surface area contributed by atoms with Crippen LogP contribution in [0.5, 0.6) is 0 Å². The first-order valence-electron chi connectivity index (χ1n) is 6.10. The van der Waals surface area contributed by atoms with Gasteiger partial charge in [-0.3, -0.25) is 4.18 Å². The van der Waals surface area contributed by atoms with Crippen LogP contribution in [0.3, 0.4) is 0 Å². The van der Waals surface area contributed by atoms with Gasteiger partial charge in [-0.05, 0) is 35.7 Å². The lowest BCUT2D eigenvalue weighted by molar-refractivity contribution is 0.307. The third-order valence-corrected chi connectivity index (χ3v) is 4.07. The van der Waals surface area contributed by atoms with Gasteiger partial charge in [0.1, 0.15) is 0 Å². The van der Waals surface area contributed by atoms with Crippen molar-refractivity contribution < 1.29 is 17.0 Å². The van der Waals surface area contributed by atoms with Gasteiger partial charge in [0.2, 0.25) is 5.95 Å². The smallest absolute Gasteiger partial charge is 0.261 e. The summed E-state index contributed by atoms with van der Waals surface area (Å²) in [5, 5.41) is 0. The average molecular weight is 295 g/mol. The number of rotatable bonds is 5. The lowest BCUT2D eigenvalue weighted by Gasteiger charge is -2.06. The molecule has 2 rings (SSSR count). The first-order valence-corrected chi connectivity index (χ1v) is 7.51. The Hall–Kier alpha value is -1.79. The number of hydrogen-bond acceptors (Lipinski definition) is 4. The van der Waals surface area contributed by atoms with Gasteiger partial charge in [0.15, 0.2) is 0 Å². The molecule has 0 fully saturated rings. The number of nitrogens with zero attached hydrogens (tertiary/aromatic N) is 1. The van der Waals surface area contributed by atoms with E-state index < -0.39 is 16.1 Å². The van der Waals surface area contributed by atoms with Crippen LogP contribution >= 0.6 is 0 Å². The number of aromatic nitrogens is 1. The quantitative estimate of drug-likeness (QED) is 0.628. The SMILES string of the molecule is CCc1ccc(S(=O)(=O)OCc2ccc(F)nc2)cc1. The van der Waals surface area contributed by atoms with Crippen molar-refractivity contribution in [1.82, 2.24) is 4.98 Å². The van der Waals surface area contributed by atoms with Crippen LogP contribution in [0.1, 0.15) is 18.1 Å². The van der Waals surface area contributed by atoms with Crippen molar-refractivity contribution in [2.24, 2.45) is 0 Å². The van der Waals surface area contributed by atoms with Crippen LogP contribution in [0.15, 0.2) is 47.5 Å². The third-order valence-electron chi connectivity index (χ3n) is 2.79. The molecule has 0 saturated heterocycles. The molecule has 0 amide bonds. The number of pyridine rings is 1. The van der Waals surface area contributed by atoms with Gasteiger partial charge in [-0.15, -0.1) is 0 Å². The highest BCUT2D eigenvalue weighted by Gasteiger charge is 2.15. The molecule has 2 aromatic rings. The molecule has 1 aromatic heterocycles. The van der Waals surface area contributed by atoms with Gasteiger partial charge < -0.3 is 0 Å². The second-order valence-corrected chi connectivity index (χ2v) is 5.82. The Labute approximate surface area is 117 Å². The van der Waals surface area contributed by atoms with Gasteiger partial charge in [-0.25, -0.2) is 4.98 Å². The second kappa shape index (κ2) is 6.11. The van der Waals surface area contributed by atoms with E-state index in [4.69, 9.17) is 4.18 Å². The normalized spacial score (nSPS) is 11.5. The highest BCUT2D eigenvalue weighted by molar-refractivity contribution is 7.86. The summed E-state index contributed by atoms with van der Waals surface area (Å²) < 4.78 is 41.5. The fourth-order valence-electron chi connectivity index (χ4n) is 1.60. The first-order chi connectivity index (χ1) is 9.51. The molecule has 0 saturated carbocycles. The number of aryl methyl sites for hydroxylation is 1. The highest BCUT2D eigenvalue weighted by atomic mass is 32.2. The van der Waals surface area contributed by atoms with E-state index in [1.54, 1.807) is 12.1 Å². The van der Waals surface area contributed by atoms with E-state index in [1.807, 2.05) is 6.92 Å². The Morgan fingerprint density at radius 1 is 1.10 bits per heavy atom. The standard InChI is InChI=1S/C14H14FNO3S/c1-2-11-3-6-13(7-4-11)20(17,18)19-10-12-5-8-14(15)16-9-12/h3-9H,2,10H2,1H3. The largest absolute Gasteiger partial charge is 0.297 e. The van der Waals surface area contributed by atoms with Crippen LogP contribution in [0.2, 0.25) is 0 Å². The van der Waals surface area contributed by atoms with E-state index in [-0.39, 0.29) is 11.5 Å². The van der Waals surface area contributed by atoms with Crippen molar-refractivity contribution in [1.29, 1.82) is 0 Å². The Morgan fingerprint density at radius 3 is 2.30 bits per heavy atom. The van der Waals surface area contributed by atoms with Crippen molar-refractivity contribution in [3.05, 3.63) is 59.7 Å². The minimum Gasteiger partial charge on any atom is -0.261 e. The van der Waals surface area contributed by atoms with Crippen LogP contribution in [-0.4, -0.2) is 13.4 Å². The predicted octanol–water partition coefficient (Wildman–Crippen LogP) is 2.69. The maximum absolute atomic E-state index is 12.6. The summed E-state index contributed by atoms with van der Waals surface area (Å²) >= 11 is 0. The Kier molecular flexibility index (Phi) is 4.46. The van der Waals surface area contributed by atoms with Crippen LogP contribution in [-0.2, 0) is 27.3 Å². The average Bonchev–Trinajstić information content (AvgIpc) is 2.47. The molecule has 20 heavy (non-hydrogen) atoms. The number of hydrogen-bond donors (Lipinski definition) is 0. The minimum absolute atomic E-state index is 0.102. The zero-order valence-electron chi connectivity index (χ0n) is 10.9. The van der Waals surface area contributed by atoms with Crippen LogP contribution in [0.4, 0.5) is 4.39 Å². The van der Waals surface area contributed by atoms with Gasteiger partial charge >= 0.3 is 0 Å². The summed E-state index contributed by atoms with van der Waals surface area (Å²) in [6.07, 6.45) is 2.08. The van der Waals surface area contributed by atoms with Crippen molar-refractivity contribution >= 4 is 10.1 Å². The van der Waals surface area contributed by atoms with E-state index >= 15 is 0 Å². The lowest BCUT2D eigenvalue weighted by Crippen LogP contribution is -2.07. The van der Waals surface area contributed by atoms with Gasteiger partial charge in [-0.1, -0.05) is 25.1 Å². The van der Waals surface area contributed by atoms with Gasteiger partial charge in [-0.2, -0.15) is 12.8 Å². The maximum atomic E-state index is 12.6. The molecule has 0 aliphatic carbocycles. The van der Waals surface area contributed by atoms with Crippen molar-refractivity contribution in [3.63, 3.8) is 0 Å². The summed E-state index contributed by atoms with van der Waals surface area (Å²) in [6, 6.07) is 9.10. The first kappa shape index (κ1) is 14.6. The van der Waals surface area contributed by atoms with Gasteiger partial charge in [0, 0.05) is 6.20 Å². The highest BCUT2D eigenvalue weighted by Crippen LogP contribution is 2.15. The molecule has 0 aliphatic rings. The van der Waals surface area contributed by atoms with Crippen LogP contribution in [0.25, 0.3) is 0 Å². The molecule has 6 heteroatoms. The summed E-state index contributed by atoms with van der Waals surface area (Å²) in [4.78, 5) is 3.54. The number of halogens is 1. The van der Waals surface area contributed by atoms with E-state index in [0.717, 1.165) is 18.1 Å². The Balaban J connectivity index is 2.08. The van der Waals surface area contributed by atoms with Crippen LogP contribution in [0, 0.1) is 5.95 Å². The zero-order chi connectivity index (χ0) is 14.6. The molecule has 0 atom stereocenters. The molecule has 0 spiro atoms. The molecule has 0 unspecified atom stereocenters. The third kappa shape index (κ3) is 3.61. The van der Waals surface area contributed by atoms with Crippen molar-refractivity contribution in [2.45, 2.75) is 24.8 Å². The van der Waals surface area contributed by atoms with Gasteiger partial charge in [0.25, 0.3) is 10.1 Å². The van der Waals surface area contributed by atoms with E-state index in [2.05, 4.69) is 4.98 Å². The van der Waals surface area contributed by atoms with Crippen LogP contribution < -0.4 is 0 Å². The molecule has 1 aromatic carbocycles. The Morgan fingerprint density at radius 2 is 1.75 bits per heavy atom. The molecule has 0 N–H and O–H groups in total.